The number of carbonyl (C=O) groups excluding carboxylic acids is 1. The van der Waals surface area contributed by atoms with E-state index >= 15 is 0 Å². The van der Waals surface area contributed by atoms with Gasteiger partial charge in [0.1, 0.15) is 11.3 Å². The number of benzene rings is 1. The first-order chi connectivity index (χ1) is 8.69. The molecule has 2 N–H and O–H groups in total. The number of methoxy groups -OCH3 is 1. The Labute approximate surface area is 106 Å². The van der Waals surface area contributed by atoms with Crippen LogP contribution in [0.1, 0.15) is 29.6 Å². The van der Waals surface area contributed by atoms with Crippen molar-refractivity contribution in [2.24, 2.45) is 0 Å². The van der Waals surface area contributed by atoms with Crippen molar-refractivity contribution < 1.29 is 14.3 Å². The van der Waals surface area contributed by atoms with E-state index in [4.69, 9.17) is 15.7 Å². The van der Waals surface area contributed by atoms with E-state index in [1.165, 1.54) is 7.11 Å². The largest absolute Gasteiger partial charge is 0.493 e. The smallest absolute Gasteiger partial charge is 0.341 e. The van der Waals surface area contributed by atoms with Crippen molar-refractivity contribution in [2.45, 2.75) is 19.3 Å². The van der Waals surface area contributed by atoms with Crippen molar-refractivity contribution in [1.82, 2.24) is 0 Å². The molecule has 0 amide bonds. The van der Waals surface area contributed by atoms with E-state index in [-0.39, 0.29) is 0 Å². The molecule has 0 aliphatic carbocycles. The average Bonchev–Trinajstić information content (AvgIpc) is 2.38. The van der Waals surface area contributed by atoms with Crippen molar-refractivity contribution in [3.8, 4) is 11.8 Å². The molecule has 96 valence electrons. The van der Waals surface area contributed by atoms with Gasteiger partial charge in [-0.25, -0.2) is 4.79 Å². The van der Waals surface area contributed by atoms with Crippen LogP contribution < -0.4 is 10.5 Å². The molecule has 5 heteroatoms. The number of hydrogen-bond acceptors (Lipinski definition) is 5. The number of nitrogens with two attached hydrogens (primary N) is 1. The number of nitrogen functional groups attached to an aromatic ring is 1. The molecule has 0 aromatic heterocycles. The van der Waals surface area contributed by atoms with Gasteiger partial charge >= 0.3 is 5.97 Å². The summed E-state index contributed by atoms with van der Waals surface area (Å²) < 4.78 is 10.2. The van der Waals surface area contributed by atoms with Crippen LogP contribution in [0.15, 0.2) is 18.2 Å². The van der Waals surface area contributed by atoms with Crippen LogP contribution in [-0.4, -0.2) is 19.7 Å². The maximum absolute atomic E-state index is 11.5. The number of anilines is 1. The van der Waals surface area contributed by atoms with Crippen molar-refractivity contribution in [3.05, 3.63) is 23.8 Å². The van der Waals surface area contributed by atoms with E-state index in [9.17, 15) is 4.79 Å². The van der Waals surface area contributed by atoms with Gasteiger partial charge in [0.2, 0.25) is 0 Å². The lowest BCUT2D eigenvalue weighted by Gasteiger charge is -2.10. The number of esters is 1. The quantitative estimate of drug-likeness (QED) is 0.473. The van der Waals surface area contributed by atoms with Gasteiger partial charge in [-0.3, -0.25) is 0 Å². The summed E-state index contributed by atoms with van der Waals surface area (Å²) in [6.45, 7) is 0.440. The second kappa shape index (κ2) is 7.17. The lowest BCUT2D eigenvalue weighted by molar-refractivity contribution is 0.0596. The summed E-state index contributed by atoms with van der Waals surface area (Å²) in [5.74, 6) is -0.0409. The van der Waals surface area contributed by atoms with Crippen LogP contribution in [0.3, 0.4) is 0 Å². The molecule has 5 nitrogen and oxygen atoms in total. The monoisotopic (exact) mass is 248 g/mol. The van der Waals surface area contributed by atoms with Crippen LogP contribution in [0.5, 0.6) is 5.75 Å². The van der Waals surface area contributed by atoms with Gasteiger partial charge in [0.15, 0.2) is 0 Å². The number of nitriles is 1. The third kappa shape index (κ3) is 3.98. The Morgan fingerprint density at radius 3 is 2.89 bits per heavy atom. The first kappa shape index (κ1) is 13.8. The lowest BCUT2D eigenvalue weighted by Crippen LogP contribution is -2.07. The first-order valence-electron chi connectivity index (χ1n) is 5.66. The zero-order valence-corrected chi connectivity index (χ0v) is 10.3. The van der Waals surface area contributed by atoms with Gasteiger partial charge in [-0.05, 0) is 25.0 Å². The van der Waals surface area contributed by atoms with Crippen molar-refractivity contribution in [1.29, 1.82) is 5.26 Å². The summed E-state index contributed by atoms with van der Waals surface area (Å²) in [7, 11) is 1.31. The number of rotatable bonds is 6. The molecule has 0 heterocycles. The number of carbonyl (C=O) groups is 1. The first-order valence-corrected chi connectivity index (χ1v) is 5.66. The van der Waals surface area contributed by atoms with Gasteiger partial charge in [0.05, 0.1) is 19.8 Å². The molecule has 0 fully saturated rings. The summed E-state index contributed by atoms with van der Waals surface area (Å²) >= 11 is 0. The third-order valence-electron chi connectivity index (χ3n) is 2.35. The molecule has 0 spiro atoms. The minimum Gasteiger partial charge on any atom is -0.493 e. The molecule has 0 bridgehead atoms. The van der Waals surface area contributed by atoms with E-state index < -0.39 is 5.97 Å². The highest BCUT2D eigenvalue weighted by atomic mass is 16.5. The molecule has 1 aromatic rings. The summed E-state index contributed by atoms with van der Waals surface area (Å²) in [6, 6.07) is 6.85. The van der Waals surface area contributed by atoms with Crippen LogP contribution in [0, 0.1) is 11.3 Å². The molecule has 0 aliphatic heterocycles. The summed E-state index contributed by atoms with van der Waals surface area (Å²) in [6.07, 6.45) is 2.03. The van der Waals surface area contributed by atoms with Gasteiger partial charge in [0.25, 0.3) is 0 Å². The van der Waals surface area contributed by atoms with Gasteiger partial charge in [-0.2, -0.15) is 5.26 Å². The fourth-order valence-electron chi connectivity index (χ4n) is 1.43. The zero-order valence-electron chi connectivity index (χ0n) is 10.3. The van der Waals surface area contributed by atoms with Crippen LogP contribution in [0.4, 0.5) is 5.69 Å². The van der Waals surface area contributed by atoms with E-state index in [0.29, 0.717) is 30.0 Å². The van der Waals surface area contributed by atoms with E-state index in [0.717, 1.165) is 12.8 Å². The summed E-state index contributed by atoms with van der Waals surface area (Å²) in [4.78, 5) is 11.5. The van der Waals surface area contributed by atoms with Crippen molar-refractivity contribution in [2.75, 3.05) is 19.5 Å². The summed E-state index contributed by atoms with van der Waals surface area (Å²) in [5, 5.41) is 8.40. The van der Waals surface area contributed by atoms with Crippen LogP contribution in [0.25, 0.3) is 0 Å². The Morgan fingerprint density at radius 1 is 1.44 bits per heavy atom. The van der Waals surface area contributed by atoms with Gasteiger partial charge < -0.3 is 15.2 Å². The molecule has 0 atom stereocenters. The van der Waals surface area contributed by atoms with Crippen LogP contribution >= 0.6 is 0 Å². The minimum atomic E-state index is -0.456. The predicted molar refractivity (Wildman–Crippen MR) is 67.2 cm³/mol. The SMILES string of the molecule is COC(=O)c1ccc(N)cc1OCCCCC#N. The highest BCUT2D eigenvalue weighted by Crippen LogP contribution is 2.23. The lowest BCUT2D eigenvalue weighted by atomic mass is 10.2. The van der Waals surface area contributed by atoms with E-state index in [1.807, 2.05) is 0 Å². The Morgan fingerprint density at radius 2 is 2.22 bits per heavy atom. The van der Waals surface area contributed by atoms with Gasteiger partial charge in [-0.1, -0.05) is 0 Å². The highest BCUT2D eigenvalue weighted by Gasteiger charge is 2.13. The molecular formula is C13H16N2O3. The third-order valence-corrected chi connectivity index (χ3v) is 2.35. The Kier molecular flexibility index (Phi) is 5.52. The molecule has 1 aromatic carbocycles. The Balaban J connectivity index is 2.65. The topological polar surface area (TPSA) is 85.3 Å². The van der Waals surface area contributed by atoms with Gasteiger partial charge in [0, 0.05) is 18.2 Å². The molecule has 18 heavy (non-hydrogen) atoms. The average molecular weight is 248 g/mol. The molecule has 0 saturated carbocycles. The Hall–Kier alpha value is -2.22. The fraction of sp³-hybridized carbons (Fsp3) is 0.385. The molecule has 1 rings (SSSR count). The van der Waals surface area contributed by atoms with Crippen molar-refractivity contribution in [3.63, 3.8) is 0 Å². The fourth-order valence-corrected chi connectivity index (χ4v) is 1.43. The van der Waals surface area contributed by atoms with E-state index in [2.05, 4.69) is 10.8 Å². The standard InChI is InChI=1S/C13H16N2O3/c1-17-13(16)11-6-5-10(15)9-12(11)18-8-4-2-3-7-14/h5-6,9H,2-4,8,15H2,1H3. The number of nitrogens with zero attached hydrogens (tertiary/aromatic N) is 1. The highest BCUT2D eigenvalue weighted by molar-refractivity contribution is 5.93. The maximum atomic E-state index is 11.5. The Bertz CT molecular complexity index is 452. The second-order valence-corrected chi connectivity index (χ2v) is 3.71. The maximum Gasteiger partial charge on any atom is 0.341 e. The predicted octanol–water partition coefficient (Wildman–Crippen LogP) is 2.13. The number of ether oxygens (including phenoxy) is 2. The number of unbranched alkanes of at least 4 members (excludes halogenated alkanes) is 2. The molecule has 0 aliphatic rings. The number of hydrogen-bond donors (Lipinski definition) is 1. The zero-order chi connectivity index (χ0) is 13.4. The van der Waals surface area contributed by atoms with E-state index in [1.54, 1.807) is 18.2 Å². The molecule has 0 radical (unpaired) electrons. The normalized spacial score (nSPS) is 9.56. The van der Waals surface area contributed by atoms with Crippen LogP contribution in [-0.2, 0) is 4.74 Å². The van der Waals surface area contributed by atoms with Crippen LogP contribution in [0.2, 0.25) is 0 Å². The summed E-state index contributed by atoms with van der Waals surface area (Å²) in [5.41, 5.74) is 6.52. The molecular weight excluding hydrogens is 232 g/mol. The minimum absolute atomic E-state index is 0.354. The molecule has 0 saturated heterocycles. The molecule has 0 unspecified atom stereocenters. The van der Waals surface area contributed by atoms with Crippen molar-refractivity contribution >= 4 is 11.7 Å². The van der Waals surface area contributed by atoms with Gasteiger partial charge in [-0.15, -0.1) is 0 Å². The second-order valence-electron chi connectivity index (χ2n) is 3.71.